The number of amides is 1. The number of hydrogen-bond donors (Lipinski definition) is 1. The average Bonchev–Trinajstić information content (AvgIpc) is 2.97. The Morgan fingerprint density at radius 1 is 1.03 bits per heavy atom. The Morgan fingerprint density at radius 2 is 1.68 bits per heavy atom. The molecule has 0 radical (unpaired) electrons. The zero-order chi connectivity index (χ0) is 24.8. The van der Waals surface area contributed by atoms with Crippen LogP contribution >= 0.6 is 23.2 Å². The van der Waals surface area contributed by atoms with E-state index in [2.05, 4.69) is 4.99 Å². The smallest absolute Gasteiger partial charge is 0.306 e. The standard InChI is InChI=1S/C23H18Cl2FN3O4S/c1-29-21(30)23(28-22(29)27,14-4-3-5-18(10-14)33-34(2,31)32)15-6-7-20(26)19(11-15)13-8-16(24)12-17(25)9-13/h3-12H,1-2H3,(H2,27,28). The van der Waals surface area contributed by atoms with Crippen LogP contribution in [0.2, 0.25) is 10.0 Å². The second kappa shape index (κ2) is 8.57. The molecule has 4 rings (SSSR count). The molecule has 0 bridgehead atoms. The lowest BCUT2D eigenvalue weighted by Crippen LogP contribution is -2.41. The fourth-order valence-electron chi connectivity index (χ4n) is 3.81. The molecule has 0 fully saturated rings. The van der Waals surface area contributed by atoms with E-state index in [1.165, 1.54) is 54.4 Å². The molecule has 1 unspecified atom stereocenters. The van der Waals surface area contributed by atoms with Crippen molar-refractivity contribution in [1.82, 2.24) is 4.90 Å². The number of carbonyl (C=O) groups is 1. The summed E-state index contributed by atoms with van der Waals surface area (Å²) in [5.74, 6) is -1.15. The molecule has 1 atom stereocenters. The fraction of sp³-hybridized carbons (Fsp3) is 0.130. The number of nitrogens with zero attached hydrogens (tertiary/aromatic N) is 2. The van der Waals surface area contributed by atoms with Gasteiger partial charge in [0, 0.05) is 22.7 Å². The van der Waals surface area contributed by atoms with E-state index in [1.807, 2.05) is 0 Å². The molecule has 1 heterocycles. The molecule has 0 aliphatic carbocycles. The summed E-state index contributed by atoms with van der Waals surface area (Å²) in [7, 11) is -2.36. The number of hydrogen-bond acceptors (Lipinski definition) is 6. The highest BCUT2D eigenvalue weighted by molar-refractivity contribution is 7.86. The Morgan fingerprint density at radius 3 is 2.26 bits per heavy atom. The molecule has 0 spiro atoms. The lowest BCUT2D eigenvalue weighted by molar-refractivity contribution is -0.129. The lowest BCUT2D eigenvalue weighted by Gasteiger charge is -2.27. The van der Waals surface area contributed by atoms with Crippen LogP contribution in [0.3, 0.4) is 0 Å². The van der Waals surface area contributed by atoms with Crippen molar-refractivity contribution in [1.29, 1.82) is 0 Å². The first-order valence-corrected chi connectivity index (χ1v) is 12.4. The highest BCUT2D eigenvalue weighted by atomic mass is 35.5. The number of guanidine groups is 1. The van der Waals surface area contributed by atoms with E-state index in [-0.39, 0.29) is 22.8 Å². The van der Waals surface area contributed by atoms with Gasteiger partial charge in [-0.2, -0.15) is 8.42 Å². The minimum atomic E-state index is -3.82. The molecular weight excluding hydrogens is 504 g/mol. The predicted octanol–water partition coefficient (Wildman–Crippen LogP) is 4.17. The molecule has 1 aliphatic rings. The van der Waals surface area contributed by atoms with E-state index in [9.17, 15) is 17.6 Å². The van der Waals surface area contributed by atoms with Gasteiger partial charge in [-0.15, -0.1) is 0 Å². The summed E-state index contributed by atoms with van der Waals surface area (Å²) >= 11 is 12.2. The highest BCUT2D eigenvalue weighted by Crippen LogP contribution is 2.42. The number of rotatable bonds is 5. The van der Waals surface area contributed by atoms with Crippen molar-refractivity contribution in [3.8, 4) is 16.9 Å². The van der Waals surface area contributed by atoms with E-state index in [4.69, 9.17) is 33.1 Å². The zero-order valence-corrected chi connectivity index (χ0v) is 20.2. The molecule has 3 aromatic carbocycles. The molecule has 0 aromatic heterocycles. The Balaban J connectivity index is 1.96. The minimum Gasteiger partial charge on any atom is -0.383 e. The highest BCUT2D eigenvalue weighted by Gasteiger charge is 2.50. The topological polar surface area (TPSA) is 102 Å². The first-order valence-electron chi connectivity index (χ1n) is 9.81. The largest absolute Gasteiger partial charge is 0.383 e. The number of benzene rings is 3. The van der Waals surface area contributed by atoms with Crippen molar-refractivity contribution in [2.45, 2.75) is 5.54 Å². The van der Waals surface area contributed by atoms with Gasteiger partial charge in [-0.05, 0) is 59.2 Å². The van der Waals surface area contributed by atoms with Crippen LogP contribution in [0.25, 0.3) is 11.1 Å². The van der Waals surface area contributed by atoms with Gasteiger partial charge in [-0.3, -0.25) is 9.69 Å². The third-order valence-electron chi connectivity index (χ3n) is 5.30. The van der Waals surface area contributed by atoms with Gasteiger partial charge in [0.25, 0.3) is 5.91 Å². The van der Waals surface area contributed by atoms with Gasteiger partial charge in [0.15, 0.2) is 11.5 Å². The van der Waals surface area contributed by atoms with E-state index in [0.717, 1.165) is 6.26 Å². The van der Waals surface area contributed by atoms with Gasteiger partial charge in [0.2, 0.25) is 0 Å². The van der Waals surface area contributed by atoms with Crippen molar-refractivity contribution in [3.63, 3.8) is 0 Å². The SMILES string of the molecule is CN1C(=O)C(c2cccc(OS(C)(=O)=O)c2)(c2ccc(F)c(-c3cc(Cl)cc(Cl)c3)c2)N=C1N. The first-order chi connectivity index (χ1) is 15.9. The van der Waals surface area contributed by atoms with Crippen LogP contribution in [-0.4, -0.2) is 38.5 Å². The van der Waals surface area contributed by atoms with Crippen LogP contribution in [-0.2, 0) is 20.5 Å². The van der Waals surface area contributed by atoms with E-state index < -0.39 is 27.4 Å². The molecule has 0 saturated carbocycles. The molecule has 1 aliphatic heterocycles. The summed E-state index contributed by atoms with van der Waals surface area (Å²) in [6, 6.07) is 14.6. The summed E-state index contributed by atoms with van der Waals surface area (Å²) in [6.07, 6.45) is 0.905. The van der Waals surface area contributed by atoms with E-state index in [1.54, 1.807) is 18.2 Å². The summed E-state index contributed by atoms with van der Waals surface area (Å²) in [5.41, 5.74) is 5.41. The van der Waals surface area contributed by atoms with Crippen molar-refractivity contribution < 1.29 is 21.8 Å². The maximum atomic E-state index is 14.9. The average molecular weight is 522 g/mol. The first kappa shape index (κ1) is 24.0. The van der Waals surface area contributed by atoms with Gasteiger partial charge in [0.1, 0.15) is 11.6 Å². The molecule has 11 heteroatoms. The normalized spacial score (nSPS) is 18.2. The Kier molecular flexibility index (Phi) is 6.05. The zero-order valence-electron chi connectivity index (χ0n) is 17.9. The Hall–Kier alpha value is -3.14. The van der Waals surface area contributed by atoms with E-state index in [0.29, 0.717) is 21.2 Å². The van der Waals surface area contributed by atoms with Crippen LogP contribution in [0, 0.1) is 5.82 Å². The number of aliphatic imine (C=N–C) groups is 1. The molecular formula is C23H18Cl2FN3O4S. The van der Waals surface area contributed by atoms with Gasteiger partial charge >= 0.3 is 10.1 Å². The van der Waals surface area contributed by atoms with Crippen LogP contribution in [0.4, 0.5) is 4.39 Å². The molecule has 2 N–H and O–H groups in total. The second-order valence-corrected chi connectivity index (χ2v) is 10.2. The molecule has 0 saturated heterocycles. The minimum absolute atomic E-state index is 0.0144. The number of likely N-dealkylation sites (N-methyl/N-ethyl adjacent to an activating group) is 1. The fourth-order valence-corrected chi connectivity index (χ4v) is 4.79. The van der Waals surface area contributed by atoms with E-state index >= 15 is 0 Å². The van der Waals surface area contributed by atoms with Gasteiger partial charge in [-0.25, -0.2) is 9.38 Å². The molecule has 7 nitrogen and oxygen atoms in total. The summed E-state index contributed by atoms with van der Waals surface area (Å²) in [4.78, 5) is 19.1. The molecule has 3 aromatic rings. The van der Waals surface area contributed by atoms with Gasteiger partial charge in [0.05, 0.1) is 6.26 Å². The third-order valence-corrected chi connectivity index (χ3v) is 6.23. The van der Waals surface area contributed by atoms with Crippen LogP contribution < -0.4 is 9.92 Å². The number of nitrogens with two attached hydrogens (primary N) is 1. The number of carbonyl (C=O) groups excluding carboxylic acids is 1. The van der Waals surface area contributed by atoms with Crippen LogP contribution in [0.5, 0.6) is 5.75 Å². The molecule has 176 valence electrons. The van der Waals surface area contributed by atoms with Gasteiger partial charge in [-0.1, -0.05) is 41.4 Å². The summed E-state index contributed by atoms with van der Waals surface area (Å²) in [5, 5.41) is 0.623. The molecule has 1 amide bonds. The maximum absolute atomic E-state index is 14.9. The third kappa shape index (κ3) is 4.34. The van der Waals surface area contributed by atoms with Crippen molar-refractivity contribution >= 4 is 45.2 Å². The summed E-state index contributed by atoms with van der Waals surface area (Å²) < 4.78 is 43.2. The Labute approximate surface area is 205 Å². The predicted molar refractivity (Wildman–Crippen MR) is 129 cm³/mol. The monoisotopic (exact) mass is 521 g/mol. The number of halogens is 3. The summed E-state index contributed by atoms with van der Waals surface area (Å²) in [6.45, 7) is 0. The van der Waals surface area contributed by atoms with Crippen LogP contribution in [0.1, 0.15) is 11.1 Å². The maximum Gasteiger partial charge on any atom is 0.306 e. The quantitative estimate of drug-likeness (QED) is 0.507. The lowest BCUT2D eigenvalue weighted by atomic mass is 9.81. The van der Waals surface area contributed by atoms with Crippen molar-refractivity contribution in [3.05, 3.63) is 87.7 Å². The van der Waals surface area contributed by atoms with Gasteiger partial charge < -0.3 is 9.92 Å². The van der Waals surface area contributed by atoms with Crippen molar-refractivity contribution in [2.24, 2.45) is 10.7 Å². The Bertz CT molecular complexity index is 1440. The second-order valence-electron chi connectivity index (χ2n) is 7.71. The van der Waals surface area contributed by atoms with Crippen LogP contribution in [0.15, 0.2) is 65.7 Å². The molecule has 34 heavy (non-hydrogen) atoms. The van der Waals surface area contributed by atoms with Crippen molar-refractivity contribution in [2.75, 3.05) is 13.3 Å².